The number of aromatic hydroxyl groups is 1. The zero-order chi connectivity index (χ0) is 18.0. The van der Waals surface area contributed by atoms with Crippen molar-refractivity contribution in [2.24, 2.45) is 0 Å². The zero-order valence-corrected chi connectivity index (χ0v) is 15.1. The maximum Gasteiger partial charge on any atom is 0.217 e. The average Bonchev–Trinajstić information content (AvgIpc) is 2.55. The van der Waals surface area contributed by atoms with E-state index < -0.39 is 11.6 Å². The molecule has 1 spiro atoms. The molecule has 138 valence electrons. The Kier molecular flexibility index (Phi) is 5.51. The number of rotatable bonds is 3. The van der Waals surface area contributed by atoms with Crippen molar-refractivity contribution in [2.45, 2.75) is 50.8 Å². The van der Waals surface area contributed by atoms with E-state index in [1.54, 1.807) is 6.07 Å². The van der Waals surface area contributed by atoms with Crippen LogP contribution in [0.2, 0.25) is 5.02 Å². The van der Waals surface area contributed by atoms with E-state index >= 15 is 0 Å². The van der Waals surface area contributed by atoms with Crippen LogP contribution in [0.1, 0.15) is 38.2 Å². The van der Waals surface area contributed by atoms with Gasteiger partial charge in [-0.2, -0.15) is 0 Å². The van der Waals surface area contributed by atoms with Gasteiger partial charge in [-0.1, -0.05) is 24.4 Å². The van der Waals surface area contributed by atoms with Gasteiger partial charge >= 0.3 is 0 Å². The zero-order valence-electron chi connectivity index (χ0n) is 14.4. The third-order valence-electron chi connectivity index (χ3n) is 5.13. The first-order chi connectivity index (χ1) is 11.9. The lowest BCUT2D eigenvalue weighted by Gasteiger charge is -2.49. The van der Waals surface area contributed by atoms with E-state index in [0.29, 0.717) is 25.3 Å². The predicted molar refractivity (Wildman–Crippen MR) is 93.1 cm³/mol. The number of benzene rings is 1. The number of carbonyl (C=O) groups excluding carboxylic acids is 1. The largest absolute Gasteiger partial charge is 0.504 e. The number of hydrogen-bond donors (Lipinski definition) is 2. The van der Waals surface area contributed by atoms with Gasteiger partial charge in [-0.3, -0.25) is 9.69 Å². The monoisotopic (exact) mass is 370 g/mol. The van der Waals surface area contributed by atoms with Crippen molar-refractivity contribution in [2.75, 3.05) is 19.7 Å². The molecule has 1 aromatic carbocycles. The van der Waals surface area contributed by atoms with Crippen LogP contribution in [0.5, 0.6) is 5.75 Å². The van der Waals surface area contributed by atoms with Gasteiger partial charge in [0.25, 0.3) is 0 Å². The normalized spacial score (nSPS) is 27.4. The van der Waals surface area contributed by atoms with E-state index in [1.165, 1.54) is 13.0 Å². The first-order valence-corrected chi connectivity index (χ1v) is 9.08. The number of ether oxygens (including phenoxy) is 1. The molecule has 1 aliphatic carbocycles. The molecule has 1 aliphatic heterocycles. The summed E-state index contributed by atoms with van der Waals surface area (Å²) in [5.41, 5.74) is 0.325. The van der Waals surface area contributed by atoms with Crippen LogP contribution in [-0.2, 0) is 16.1 Å². The first kappa shape index (κ1) is 18.4. The van der Waals surface area contributed by atoms with Crippen LogP contribution in [0.4, 0.5) is 4.39 Å². The molecule has 2 atom stereocenters. The lowest BCUT2D eigenvalue weighted by atomic mass is 9.78. The topological polar surface area (TPSA) is 61.8 Å². The second kappa shape index (κ2) is 7.48. The molecule has 2 fully saturated rings. The molecule has 1 aromatic rings. The number of amides is 1. The molecule has 1 amide bonds. The van der Waals surface area contributed by atoms with E-state index in [0.717, 1.165) is 32.2 Å². The third-order valence-corrected chi connectivity index (χ3v) is 5.41. The fourth-order valence-corrected chi connectivity index (χ4v) is 4.24. The Labute approximate surface area is 152 Å². The molecule has 0 radical (unpaired) electrons. The predicted octanol–water partition coefficient (Wildman–Crippen LogP) is 2.83. The lowest BCUT2D eigenvalue weighted by Crippen LogP contribution is -2.63. The Morgan fingerprint density at radius 1 is 1.52 bits per heavy atom. The molecule has 2 aliphatic rings. The molecule has 1 saturated heterocycles. The van der Waals surface area contributed by atoms with Crippen molar-refractivity contribution >= 4 is 17.5 Å². The number of morpholine rings is 1. The molecule has 5 nitrogen and oxygen atoms in total. The molecule has 2 N–H and O–H groups in total. The Morgan fingerprint density at radius 2 is 2.32 bits per heavy atom. The highest BCUT2D eigenvalue weighted by molar-refractivity contribution is 6.32. The second-order valence-electron chi connectivity index (χ2n) is 7.03. The van der Waals surface area contributed by atoms with Crippen LogP contribution in [0.3, 0.4) is 0 Å². The van der Waals surface area contributed by atoms with Crippen LogP contribution in [0, 0.1) is 5.82 Å². The summed E-state index contributed by atoms with van der Waals surface area (Å²) >= 11 is 5.88. The highest BCUT2D eigenvalue weighted by Crippen LogP contribution is 2.36. The number of nitrogens with one attached hydrogen (secondary N) is 1. The van der Waals surface area contributed by atoms with Crippen LogP contribution < -0.4 is 5.32 Å². The van der Waals surface area contributed by atoms with Crippen molar-refractivity contribution in [1.82, 2.24) is 10.2 Å². The number of phenolic OH excluding ortho intramolecular Hbond substituents is 1. The molecule has 25 heavy (non-hydrogen) atoms. The van der Waals surface area contributed by atoms with Gasteiger partial charge in [-0.05, 0) is 30.5 Å². The molecule has 3 rings (SSSR count). The minimum Gasteiger partial charge on any atom is -0.504 e. The van der Waals surface area contributed by atoms with E-state index in [1.807, 2.05) is 0 Å². The lowest BCUT2D eigenvalue weighted by molar-refractivity contribution is -0.150. The van der Waals surface area contributed by atoms with Gasteiger partial charge in [0.1, 0.15) is 5.60 Å². The second-order valence-corrected chi connectivity index (χ2v) is 7.44. The van der Waals surface area contributed by atoms with Gasteiger partial charge in [-0.15, -0.1) is 0 Å². The van der Waals surface area contributed by atoms with Crippen LogP contribution >= 0.6 is 11.6 Å². The summed E-state index contributed by atoms with van der Waals surface area (Å²) in [6, 6.07) is 2.91. The summed E-state index contributed by atoms with van der Waals surface area (Å²) in [6.45, 7) is 4.04. The number of nitrogens with zero attached hydrogens (tertiary/aromatic N) is 1. The van der Waals surface area contributed by atoms with E-state index in [2.05, 4.69) is 10.2 Å². The van der Waals surface area contributed by atoms with Crippen LogP contribution in [0.15, 0.2) is 12.1 Å². The highest BCUT2D eigenvalue weighted by Gasteiger charge is 2.45. The summed E-state index contributed by atoms with van der Waals surface area (Å²) in [5, 5.41) is 12.5. The molecule has 1 saturated carbocycles. The van der Waals surface area contributed by atoms with Gasteiger partial charge in [-0.25, -0.2) is 4.39 Å². The number of phenols is 1. The quantitative estimate of drug-likeness (QED) is 0.858. The standard InChI is InChI=1S/C18H24ClFN2O3/c1-12(23)21-16-4-2-3-5-18(16)11-22(6-7-25-18)10-13-8-14(19)17(24)15(20)9-13/h8-9,16,24H,2-7,10-11H2,1H3,(H,21,23)/t16-,18+/m1/s1. The molecular formula is C18H24ClFN2O3. The summed E-state index contributed by atoms with van der Waals surface area (Å²) < 4.78 is 19.9. The Balaban J connectivity index is 1.75. The van der Waals surface area contributed by atoms with Crippen molar-refractivity contribution in [3.63, 3.8) is 0 Å². The average molecular weight is 371 g/mol. The summed E-state index contributed by atoms with van der Waals surface area (Å²) in [4.78, 5) is 13.8. The molecule has 0 aromatic heterocycles. The van der Waals surface area contributed by atoms with Crippen molar-refractivity contribution < 1.29 is 19.0 Å². The minimum atomic E-state index is -0.709. The van der Waals surface area contributed by atoms with Crippen molar-refractivity contribution in [1.29, 1.82) is 0 Å². The fourth-order valence-electron chi connectivity index (χ4n) is 4.00. The maximum atomic E-state index is 13.7. The summed E-state index contributed by atoms with van der Waals surface area (Å²) in [5.74, 6) is -1.26. The van der Waals surface area contributed by atoms with Crippen molar-refractivity contribution in [3.05, 3.63) is 28.5 Å². The summed E-state index contributed by atoms with van der Waals surface area (Å²) in [6.07, 6.45) is 3.96. The SMILES string of the molecule is CC(=O)N[C@@H]1CCCC[C@]12CN(Cc1cc(F)c(O)c(Cl)c1)CCO2. The van der Waals surface area contributed by atoms with E-state index in [9.17, 15) is 14.3 Å². The summed E-state index contributed by atoms with van der Waals surface area (Å²) in [7, 11) is 0. The van der Waals surface area contributed by atoms with Gasteiger partial charge in [0.05, 0.1) is 17.7 Å². The first-order valence-electron chi connectivity index (χ1n) is 8.70. The number of carbonyl (C=O) groups is 1. The molecule has 0 unspecified atom stereocenters. The Hall–Kier alpha value is -1.37. The van der Waals surface area contributed by atoms with E-state index in [-0.39, 0.29) is 22.6 Å². The van der Waals surface area contributed by atoms with Crippen molar-refractivity contribution in [3.8, 4) is 5.75 Å². The van der Waals surface area contributed by atoms with Crippen LogP contribution in [0.25, 0.3) is 0 Å². The molecule has 0 bridgehead atoms. The third kappa shape index (κ3) is 4.07. The van der Waals surface area contributed by atoms with E-state index in [4.69, 9.17) is 16.3 Å². The van der Waals surface area contributed by atoms with Gasteiger partial charge < -0.3 is 15.2 Å². The van der Waals surface area contributed by atoms with Gasteiger partial charge in [0, 0.05) is 26.6 Å². The van der Waals surface area contributed by atoms with Crippen LogP contribution in [-0.4, -0.2) is 47.3 Å². The molecular weight excluding hydrogens is 347 g/mol. The number of halogens is 2. The molecule has 7 heteroatoms. The number of hydrogen-bond acceptors (Lipinski definition) is 4. The Morgan fingerprint density at radius 3 is 3.04 bits per heavy atom. The van der Waals surface area contributed by atoms with Gasteiger partial charge in [0.15, 0.2) is 11.6 Å². The molecule has 1 heterocycles. The fraction of sp³-hybridized carbons (Fsp3) is 0.611. The maximum absolute atomic E-state index is 13.7. The minimum absolute atomic E-state index is 0.00157. The Bertz CT molecular complexity index is 630. The smallest absolute Gasteiger partial charge is 0.217 e. The highest BCUT2D eigenvalue weighted by atomic mass is 35.5. The van der Waals surface area contributed by atoms with Gasteiger partial charge in [0.2, 0.25) is 5.91 Å².